The van der Waals surface area contributed by atoms with Gasteiger partial charge in [-0.25, -0.2) is 23.9 Å². The number of methoxy groups -OCH3 is 1. The van der Waals surface area contributed by atoms with Crippen LogP contribution in [0.3, 0.4) is 0 Å². The van der Waals surface area contributed by atoms with E-state index in [0.29, 0.717) is 29.2 Å². The molecule has 1 aliphatic rings. The lowest BCUT2D eigenvalue weighted by molar-refractivity contribution is -0.157. The number of aromatic nitrogens is 1. The predicted molar refractivity (Wildman–Crippen MR) is 115 cm³/mol. The molecule has 0 aliphatic carbocycles. The third-order valence-electron chi connectivity index (χ3n) is 5.04. The van der Waals surface area contributed by atoms with E-state index in [4.69, 9.17) is 14.5 Å². The van der Waals surface area contributed by atoms with Crippen LogP contribution in [0.2, 0.25) is 0 Å². The molecule has 0 radical (unpaired) electrons. The van der Waals surface area contributed by atoms with Crippen molar-refractivity contribution in [2.24, 2.45) is 0 Å². The van der Waals surface area contributed by atoms with Gasteiger partial charge in [-0.1, -0.05) is 20.8 Å². The molecule has 0 spiro atoms. The normalized spacial score (nSPS) is 14.3. The SMILES string of the molecule is COC(=O)c1c(F)c(OOC(=O)N2CCCCC2)cc(-c2ncc(C)s2)c1C(C)(C)C. The number of carbonyl (C=O) groups excluding carboxylic acids is 2. The summed E-state index contributed by atoms with van der Waals surface area (Å²) in [5.74, 6) is -2.16. The Kier molecular flexibility index (Phi) is 6.83. The van der Waals surface area contributed by atoms with Crippen molar-refractivity contribution in [2.45, 2.75) is 52.4 Å². The van der Waals surface area contributed by atoms with Crippen molar-refractivity contribution in [1.29, 1.82) is 0 Å². The monoisotopic (exact) mass is 450 g/mol. The van der Waals surface area contributed by atoms with Crippen LogP contribution in [0.4, 0.5) is 9.18 Å². The highest BCUT2D eigenvalue weighted by Crippen LogP contribution is 2.42. The Balaban J connectivity index is 2.07. The number of aryl methyl sites for hydroxylation is 1. The molecule has 1 saturated heterocycles. The smallest absolute Gasteiger partial charge is 0.452 e. The van der Waals surface area contributed by atoms with Crippen molar-refractivity contribution in [3.8, 4) is 16.3 Å². The van der Waals surface area contributed by atoms with E-state index in [1.165, 1.54) is 29.4 Å². The van der Waals surface area contributed by atoms with Crippen LogP contribution in [0.5, 0.6) is 5.75 Å². The topological polar surface area (TPSA) is 78.0 Å². The predicted octanol–water partition coefficient (Wildman–Crippen LogP) is 5.26. The summed E-state index contributed by atoms with van der Waals surface area (Å²) < 4.78 is 20.3. The summed E-state index contributed by atoms with van der Waals surface area (Å²) in [6, 6.07) is 1.42. The van der Waals surface area contributed by atoms with Gasteiger partial charge in [-0.15, -0.1) is 11.3 Å². The number of nitrogens with zero attached hydrogens (tertiary/aromatic N) is 2. The summed E-state index contributed by atoms with van der Waals surface area (Å²) in [6.45, 7) is 8.63. The van der Waals surface area contributed by atoms with Crippen LogP contribution in [0.1, 0.15) is 60.8 Å². The summed E-state index contributed by atoms with van der Waals surface area (Å²) in [6.07, 6.45) is 3.82. The number of hydrogen-bond donors (Lipinski definition) is 0. The Bertz CT molecular complexity index is 977. The first-order valence-corrected chi connectivity index (χ1v) is 11.0. The van der Waals surface area contributed by atoms with E-state index < -0.39 is 23.3 Å². The molecule has 3 rings (SSSR count). The molecule has 9 heteroatoms. The maximum atomic E-state index is 15.4. The third kappa shape index (κ3) is 4.98. The fraction of sp³-hybridized carbons (Fsp3) is 0.500. The number of piperidine rings is 1. The third-order valence-corrected chi connectivity index (χ3v) is 5.98. The number of likely N-dealkylation sites (tertiary alicyclic amines) is 1. The molecule has 2 aromatic rings. The first kappa shape index (κ1) is 23.0. The Morgan fingerprint density at radius 3 is 2.42 bits per heavy atom. The second-order valence-corrected chi connectivity index (χ2v) is 9.72. The molecule has 31 heavy (non-hydrogen) atoms. The van der Waals surface area contributed by atoms with E-state index in [2.05, 4.69) is 4.98 Å². The van der Waals surface area contributed by atoms with Crippen molar-refractivity contribution >= 4 is 23.4 Å². The standard InChI is InChI=1S/C22H27FN2O5S/c1-13-12-24-19(31-13)14-11-15(29-30-21(27)25-9-7-6-8-10-25)18(23)16(20(26)28-5)17(14)22(2,3)4/h11-12H,6-10H2,1-5H3. The molecular weight excluding hydrogens is 423 g/mol. The number of amides is 1. The van der Waals surface area contributed by atoms with Gasteiger partial charge in [0.05, 0.1) is 7.11 Å². The molecule has 0 atom stereocenters. The Labute approximate surface area is 185 Å². The molecule has 168 valence electrons. The minimum atomic E-state index is -0.944. The lowest BCUT2D eigenvalue weighted by Crippen LogP contribution is -2.36. The average molecular weight is 451 g/mol. The molecule has 1 aromatic carbocycles. The molecule has 0 bridgehead atoms. The number of carbonyl (C=O) groups is 2. The van der Waals surface area contributed by atoms with Gasteiger partial charge in [0.2, 0.25) is 5.75 Å². The largest absolute Gasteiger partial charge is 0.465 e. The van der Waals surface area contributed by atoms with Crippen LogP contribution in [0.15, 0.2) is 12.3 Å². The van der Waals surface area contributed by atoms with Gasteiger partial charge in [-0.05, 0) is 43.2 Å². The zero-order valence-electron chi connectivity index (χ0n) is 18.4. The fourth-order valence-electron chi connectivity index (χ4n) is 3.63. The molecule has 1 fully saturated rings. The summed E-state index contributed by atoms with van der Waals surface area (Å²) in [4.78, 5) is 41.8. The van der Waals surface area contributed by atoms with Gasteiger partial charge in [0.1, 0.15) is 10.6 Å². The lowest BCUT2D eigenvalue weighted by atomic mass is 9.80. The van der Waals surface area contributed by atoms with Crippen LogP contribution < -0.4 is 4.89 Å². The van der Waals surface area contributed by atoms with Crippen molar-refractivity contribution in [1.82, 2.24) is 9.88 Å². The maximum Gasteiger partial charge on any atom is 0.452 e. The molecule has 1 aromatic heterocycles. The maximum absolute atomic E-state index is 15.4. The summed E-state index contributed by atoms with van der Waals surface area (Å²) in [5, 5.41) is 0.597. The van der Waals surface area contributed by atoms with E-state index in [1.54, 1.807) is 6.20 Å². The van der Waals surface area contributed by atoms with Gasteiger partial charge < -0.3 is 9.64 Å². The first-order valence-electron chi connectivity index (χ1n) is 10.1. The number of halogens is 1. The van der Waals surface area contributed by atoms with Gasteiger partial charge in [0.15, 0.2) is 5.82 Å². The first-order chi connectivity index (χ1) is 14.6. The number of benzene rings is 1. The number of rotatable bonds is 4. The van der Waals surface area contributed by atoms with Gasteiger partial charge in [-0.2, -0.15) is 0 Å². The zero-order chi connectivity index (χ0) is 22.8. The number of hydrogen-bond acceptors (Lipinski definition) is 7. The minimum absolute atomic E-state index is 0.260. The quantitative estimate of drug-likeness (QED) is 0.359. The number of thiazole rings is 1. The lowest BCUT2D eigenvalue weighted by Gasteiger charge is -2.27. The molecule has 0 saturated carbocycles. The molecule has 0 N–H and O–H groups in total. The highest BCUT2D eigenvalue weighted by Gasteiger charge is 2.33. The van der Waals surface area contributed by atoms with Crippen LogP contribution >= 0.6 is 11.3 Å². The van der Waals surface area contributed by atoms with Crippen LogP contribution in [0, 0.1) is 12.7 Å². The van der Waals surface area contributed by atoms with Gasteiger partial charge >= 0.3 is 12.1 Å². The van der Waals surface area contributed by atoms with Gasteiger partial charge in [-0.3, -0.25) is 4.89 Å². The average Bonchev–Trinajstić information content (AvgIpc) is 3.17. The van der Waals surface area contributed by atoms with E-state index in [0.717, 1.165) is 24.1 Å². The number of ether oxygens (including phenoxy) is 1. The molecule has 7 nitrogen and oxygen atoms in total. The van der Waals surface area contributed by atoms with Gasteiger partial charge in [0.25, 0.3) is 0 Å². The number of esters is 1. The summed E-state index contributed by atoms with van der Waals surface area (Å²) >= 11 is 1.40. The van der Waals surface area contributed by atoms with Gasteiger partial charge in [0, 0.05) is 29.7 Å². The van der Waals surface area contributed by atoms with E-state index in [1.807, 2.05) is 27.7 Å². The fourth-order valence-corrected chi connectivity index (χ4v) is 4.41. The summed E-state index contributed by atoms with van der Waals surface area (Å²) in [7, 11) is 1.19. The second kappa shape index (κ2) is 9.21. The molecule has 1 amide bonds. The van der Waals surface area contributed by atoms with Crippen molar-refractivity contribution < 1.29 is 28.5 Å². The highest BCUT2D eigenvalue weighted by atomic mass is 32.1. The second-order valence-electron chi connectivity index (χ2n) is 8.48. The minimum Gasteiger partial charge on any atom is -0.465 e. The van der Waals surface area contributed by atoms with Crippen molar-refractivity contribution in [3.63, 3.8) is 0 Å². The molecule has 0 unspecified atom stereocenters. The van der Waals surface area contributed by atoms with Crippen LogP contribution in [-0.2, 0) is 15.0 Å². The van der Waals surface area contributed by atoms with Crippen LogP contribution in [-0.4, -0.2) is 42.1 Å². The Morgan fingerprint density at radius 1 is 1.19 bits per heavy atom. The Hall–Kier alpha value is -2.68. The van der Waals surface area contributed by atoms with Crippen LogP contribution in [0.25, 0.3) is 10.6 Å². The molecular formula is C22H27FN2O5S. The van der Waals surface area contributed by atoms with Crippen molar-refractivity contribution in [2.75, 3.05) is 20.2 Å². The molecule has 2 heterocycles. The highest BCUT2D eigenvalue weighted by molar-refractivity contribution is 7.15. The van der Waals surface area contributed by atoms with E-state index >= 15 is 4.39 Å². The zero-order valence-corrected chi connectivity index (χ0v) is 19.2. The molecule has 1 aliphatic heterocycles. The van der Waals surface area contributed by atoms with E-state index in [-0.39, 0.29) is 11.3 Å². The van der Waals surface area contributed by atoms with Crippen molar-refractivity contribution in [3.05, 3.63) is 34.1 Å². The summed E-state index contributed by atoms with van der Waals surface area (Å²) in [5.41, 5.74) is 0.101. The van der Waals surface area contributed by atoms with E-state index in [9.17, 15) is 9.59 Å². The Morgan fingerprint density at radius 2 is 1.87 bits per heavy atom.